The van der Waals surface area contributed by atoms with E-state index in [1.807, 2.05) is 0 Å². The highest BCUT2D eigenvalue weighted by Crippen LogP contribution is 2.19. The predicted octanol–water partition coefficient (Wildman–Crippen LogP) is 0.618. The lowest BCUT2D eigenvalue weighted by Gasteiger charge is -2.25. The summed E-state index contributed by atoms with van der Waals surface area (Å²) in [6, 6.07) is -0.436. The van der Waals surface area contributed by atoms with Gasteiger partial charge in [-0.15, -0.1) is 12.4 Å². The number of hydrogen-bond acceptors (Lipinski definition) is 2. The van der Waals surface area contributed by atoms with Crippen molar-refractivity contribution in [3.63, 3.8) is 0 Å². The van der Waals surface area contributed by atoms with Crippen molar-refractivity contribution in [3.8, 4) is 0 Å². The van der Waals surface area contributed by atoms with Crippen molar-refractivity contribution in [2.24, 2.45) is 5.73 Å². The number of aliphatic hydroxyl groups is 1. The second-order valence-electron chi connectivity index (χ2n) is 2.65. The zero-order chi connectivity index (χ0) is 6.85. The average Bonchev–Trinajstić information content (AvgIpc) is 1.80. The highest BCUT2D eigenvalue weighted by Gasteiger charge is 2.25. The fourth-order valence-electron chi connectivity index (χ4n) is 1.15. The van der Waals surface area contributed by atoms with Gasteiger partial charge in [-0.05, 0) is 19.3 Å². The van der Waals surface area contributed by atoms with Crippen molar-refractivity contribution in [2.45, 2.75) is 37.6 Å². The van der Waals surface area contributed by atoms with Gasteiger partial charge in [-0.3, -0.25) is 0 Å². The van der Waals surface area contributed by atoms with Crippen molar-refractivity contribution < 1.29 is 9.50 Å². The minimum absolute atomic E-state index is 0. The Morgan fingerprint density at radius 3 is 2.40 bits per heavy atom. The molecule has 1 saturated carbocycles. The van der Waals surface area contributed by atoms with Crippen molar-refractivity contribution in [1.29, 1.82) is 0 Å². The third kappa shape index (κ3) is 2.40. The molecule has 0 radical (unpaired) electrons. The minimum Gasteiger partial charge on any atom is -0.393 e. The van der Waals surface area contributed by atoms with Crippen LogP contribution < -0.4 is 5.73 Å². The molecule has 1 aliphatic carbocycles. The van der Waals surface area contributed by atoms with Crippen LogP contribution in [-0.2, 0) is 0 Å². The fraction of sp³-hybridized carbons (Fsp3) is 1.00. The second kappa shape index (κ2) is 4.11. The largest absolute Gasteiger partial charge is 0.393 e. The first-order valence-electron chi connectivity index (χ1n) is 3.28. The maximum absolute atomic E-state index is 12.5. The Balaban J connectivity index is 0.000000810. The van der Waals surface area contributed by atoms with Gasteiger partial charge in [-0.2, -0.15) is 0 Å². The van der Waals surface area contributed by atoms with Crippen molar-refractivity contribution in [2.75, 3.05) is 0 Å². The van der Waals surface area contributed by atoms with E-state index >= 15 is 0 Å². The van der Waals surface area contributed by atoms with E-state index < -0.39 is 12.2 Å². The Labute approximate surface area is 66.0 Å². The molecule has 0 aromatic heterocycles. The van der Waals surface area contributed by atoms with Crippen LogP contribution in [0.5, 0.6) is 0 Å². The van der Waals surface area contributed by atoms with Crippen LogP contribution in [0.1, 0.15) is 19.3 Å². The molecule has 1 aliphatic rings. The quantitative estimate of drug-likeness (QED) is 0.559. The summed E-state index contributed by atoms with van der Waals surface area (Å²) in [6.45, 7) is 0. The van der Waals surface area contributed by atoms with E-state index in [1.165, 1.54) is 0 Å². The molecule has 0 aliphatic heterocycles. The molecule has 3 N–H and O–H groups in total. The molecule has 1 rings (SSSR count). The maximum atomic E-state index is 12.5. The number of halogens is 2. The van der Waals surface area contributed by atoms with Crippen LogP contribution in [0, 0.1) is 0 Å². The van der Waals surface area contributed by atoms with Crippen LogP contribution in [0.4, 0.5) is 4.39 Å². The summed E-state index contributed by atoms with van der Waals surface area (Å²) in [5, 5.41) is 8.95. The number of nitrogens with two attached hydrogens (primary N) is 1. The van der Waals surface area contributed by atoms with E-state index in [9.17, 15) is 4.39 Å². The van der Waals surface area contributed by atoms with Crippen LogP contribution in [0.25, 0.3) is 0 Å². The Morgan fingerprint density at radius 2 is 2.00 bits per heavy atom. The molecule has 3 atom stereocenters. The molecule has 0 saturated heterocycles. The van der Waals surface area contributed by atoms with E-state index in [1.54, 1.807) is 0 Å². The van der Waals surface area contributed by atoms with Crippen LogP contribution in [0.2, 0.25) is 0 Å². The summed E-state index contributed by atoms with van der Waals surface area (Å²) in [7, 11) is 0. The van der Waals surface area contributed by atoms with Gasteiger partial charge in [0.2, 0.25) is 0 Å². The van der Waals surface area contributed by atoms with Gasteiger partial charge in [0.15, 0.2) is 0 Å². The SMILES string of the molecule is Cl.N[C@H]1C[C@H](O)CC[C@@H]1F. The monoisotopic (exact) mass is 169 g/mol. The lowest BCUT2D eigenvalue weighted by atomic mass is 9.92. The first-order chi connectivity index (χ1) is 4.20. The highest BCUT2D eigenvalue weighted by atomic mass is 35.5. The van der Waals surface area contributed by atoms with Crippen molar-refractivity contribution in [3.05, 3.63) is 0 Å². The Hall–Kier alpha value is 0.140. The molecular formula is C6H13ClFNO. The molecular weight excluding hydrogens is 157 g/mol. The molecule has 0 bridgehead atoms. The second-order valence-corrected chi connectivity index (χ2v) is 2.65. The smallest absolute Gasteiger partial charge is 0.115 e. The molecule has 2 nitrogen and oxygen atoms in total. The fourth-order valence-corrected chi connectivity index (χ4v) is 1.15. The molecule has 62 valence electrons. The van der Waals surface area contributed by atoms with Gasteiger partial charge in [-0.25, -0.2) is 4.39 Å². The van der Waals surface area contributed by atoms with Gasteiger partial charge in [-0.1, -0.05) is 0 Å². The van der Waals surface area contributed by atoms with Gasteiger partial charge in [0, 0.05) is 6.04 Å². The van der Waals surface area contributed by atoms with E-state index in [-0.39, 0.29) is 18.5 Å². The Kier molecular flexibility index (Phi) is 4.17. The zero-order valence-corrected chi connectivity index (χ0v) is 6.48. The number of hydrogen-bond donors (Lipinski definition) is 2. The first kappa shape index (κ1) is 10.1. The van der Waals surface area contributed by atoms with E-state index in [0.29, 0.717) is 19.3 Å². The van der Waals surface area contributed by atoms with Crippen molar-refractivity contribution in [1.82, 2.24) is 0 Å². The molecule has 0 aromatic rings. The zero-order valence-electron chi connectivity index (χ0n) is 5.66. The predicted molar refractivity (Wildman–Crippen MR) is 40.0 cm³/mol. The standard InChI is InChI=1S/C6H12FNO.ClH/c7-5-2-1-4(9)3-6(5)8;/h4-6,9H,1-3,8H2;1H/t4-,5+,6+;/m1./s1. The molecule has 0 amide bonds. The molecule has 4 heteroatoms. The Bertz CT molecular complexity index is 104. The van der Waals surface area contributed by atoms with E-state index in [0.717, 1.165) is 0 Å². The van der Waals surface area contributed by atoms with E-state index in [4.69, 9.17) is 10.8 Å². The lowest BCUT2D eigenvalue weighted by molar-refractivity contribution is 0.0794. The van der Waals surface area contributed by atoms with Crippen LogP contribution in [-0.4, -0.2) is 23.4 Å². The number of rotatable bonds is 0. The van der Waals surface area contributed by atoms with Crippen LogP contribution in [0.15, 0.2) is 0 Å². The lowest BCUT2D eigenvalue weighted by Crippen LogP contribution is -2.39. The van der Waals surface area contributed by atoms with Gasteiger partial charge in [0.25, 0.3) is 0 Å². The summed E-state index contributed by atoms with van der Waals surface area (Å²) >= 11 is 0. The normalized spacial score (nSPS) is 40.5. The summed E-state index contributed by atoms with van der Waals surface area (Å²) in [5.41, 5.74) is 5.33. The minimum atomic E-state index is -0.895. The molecule has 0 heterocycles. The average molecular weight is 170 g/mol. The maximum Gasteiger partial charge on any atom is 0.115 e. The number of aliphatic hydroxyl groups excluding tert-OH is 1. The van der Waals surface area contributed by atoms with Gasteiger partial charge in [0.1, 0.15) is 6.17 Å². The summed E-state index contributed by atoms with van der Waals surface area (Å²) in [4.78, 5) is 0. The van der Waals surface area contributed by atoms with Crippen LogP contribution >= 0.6 is 12.4 Å². The molecule has 1 fully saturated rings. The molecule has 10 heavy (non-hydrogen) atoms. The Morgan fingerprint density at radius 1 is 1.40 bits per heavy atom. The summed E-state index contributed by atoms with van der Waals surface area (Å²) in [6.07, 6.45) is 0.138. The third-order valence-electron chi connectivity index (χ3n) is 1.78. The first-order valence-corrected chi connectivity index (χ1v) is 3.28. The molecule has 0 spiro atoms. The van der Waals surface area contributed by atoms with E-state index in [2.05, 4.69) is 0 Å². The summed E-state index contributed by atoms with van der Waals surface area (Å²) < 4.78 is 12.5. The topological polar surface area (TPSA) is 46.2 Å². The van der Waals surface area contributed by atoms with Gasteiger partial charge in [0.05, 0.1) is 6.10 Å². The number of alkyl halides is 1. The highest BCUT2D eigenvalue weighted by molar-refractivity contribution is 5.85. The van der Waals surface area contributed by atoms with Gasteiger partial charge >= 0.3 is 0 Å². The van der Waals surface area contributed by atoms with Crippen LogP contribution in [0.3, 0.4) is 0 Å². The van der Waals surface area contributed by atoms with Crippen molar-refractivity contribution >= 4 is 12.4 Å². The third-order valence-corrected chi connectivity index (χ3v) is 1.78. The molecule has 0 unspecified atom stereocenters. The summed E-state index contributed by atoms with van der Waals surface area (Å²) in [5.74, 6) is 0. The van der Waals surface area contributed by atoms with Gasteiger partial charge < -0.3 is 10.8 Å². The molecule has 0 aromatic carbocycles.